The van der Waals surface area contributed by atoms with Crippen LogP contribution in [-0.2, 0) is 29.1 Å². The van der Waals surface area contributed by atoms with E-state index in [1.54, 1.807) is 20.8 Å². The summed E-state index contributed by atoms with van der Waals surface area (Å²) in [5.74, 6) is -1.23. The average Bonchev–Trinajstić information content (AvgIpc) is 2.39. The Balaban J connectivity index is 2.69. The van der Waals surface area contributed by atoms with E-state index in [0.29, 0.717) is 17.8 Å². The van der Waals surface area contributed by atoms with Gasteiger partial charge in [0.25, 0.3) is 0 Å². The predicted octanol–water partition coefficient (Wildman–Crippen LogP) is 2.36. The van der Waals surface area contributed by atoms with Crippen LogP contribution in [-0.4, -0.2) is 29.8 Å². The molecule has 1 rings (SSSR count). The lowest BCUT2D eigenvalue weighted by Gasteiger charge is -2.28. The maximum Gasteiger partial charge on any atom is 0.385 e. The Morgan fingerprint density at radius 1 is 1.22 bits per heavy atom. The van der Waals surface area contributed by atoms with E-state index >= 15 is 0 Å². The Labute approximate surface area is 135 Å². The Bertz CT molecular complexity index is 535. The first-order valence-electron chi connectivity index (χ1n) is 7.34. The van der Waals surface area contributed by atoms with Gasteiger partial charge in [0, 0.05) is 5.57 Å². The third-order valence-corrected chi connectivity index (χ3v) is 3.96. The molecule has 0 saturated carbocycles. The number of aliphatic hydroxyl groups is 1. The van der Waals surface area contributed by atoms with E-state index < -0.39 is 23.5 Å². The quantitative estimate of drug-likeness (QED) is 0.470. The maximum absolute atomic E-state index is 12.0. The topological polar surface area (TPSA) is 91.3 Å². The van der Waals surface area contributed by atoms with E-state index in [1.165, 1.54) is 6.92 Å². The van der Waals surface area contributed by atoms with Crippen LogP contribution in [0.2, 0.25) is 0 Å². The first kappa shape index (κ1) is 19.2. The first-order chi connectivity index (χ1) is 10.6. The molecule has 1 N–H and O–H groups in total. The van der Waals surface area contributed by atoms with E-state index in [4.69, 9.17) is 0 Å². The van der Waals surface area contributed by atoms with Crippen molar-refractivity contribution in [1.29, 1.82) is 0 Å². The first-order valence-corrected chi connectivity index (χ1v) is 7.34. The number of aliphatic hydroxyl groups excluding tert-OH is 1. The molecule has 1 aliphatic rings. The molecular formula is C16H24O7. The van der Waals surface area contributed by atoms with Gasteiger partial charge in [-0.2, -0.15) is 4.89 Å². The highest BCUT2D eigenvalue weighted by atomic mass is 17.2. The van der Waals surface area contributed by atoms with Crippen LogP contribution in [0.3, 0.4) is 0 Å². The van der Waals surface area contributed by atoms with Crippen LogP contribution in [0.15, 0.2) is 22.5 Å². The highest BCUT2D eigenvalue weighted by Crippen LogP contribution is 2.33. The van der Waals surface area contributed by atoms with Gasteiger partial charge < -0.3 is 9.99 Å². The van der Waals surface area contributed by atoms with Gasteiger partial charge in [-0.1, -0.05) is 19.4 Å². The summed E-state index contributed by atoms with van der Waals surface area (Å²) in [6.07, 6.45) is -0.00762. The van der Waals surface area contributed by atoms with Crippen LogP contribution < -0.4 is 0 Å². The van der Waals surface area contributed by atoms with Gasteiger partial charge >= 0.3 is 11.9 Å². The summed E-state index contributed by atoms with van der Waals surface area (Å²) in [4.78, 5) is 41.9. The van der Waals surface area contributed by atoms with Crippen molar-refractivity contribution < 1.29 is 34.2 Å². The molecule has 7 heteroatoms. The molecule has 1 heterocycles. The fraction of sp³-hybridized carbons (Fsp3) is 0.625. The molecule has 0 radical (unpaired) electrons. The van der Waals surface area contributed by atoms with Crippen molar-refractivity contribution in [3.05, 3.63) is 22.5 Å². The number of allylic oxidation sites excluding steroid dienone is 1. The van der Waals surface area contributed by atoms with Gasteiger partial charge in [-0.15, -0.1) is 0 Å². The summed E-state index contributed by atoms with van der Waals surface area (Å²) in [5, 5.41) is 9.54. The molecule has 1 atom stereocenters. The van der Waals surface area contributed by atoms with Gasteiger partial charge in [0.2, 0.25) is 0 Å². The van der Waals surface area contributed by atoms with Crippen LogP contribution in [0.4, 0.5) is 0 Å². The van der Waals surface area contributed by atoms with Crippen LogP contribution in [0.25, 0.3) is 0 Å². The summed E-state index contributed by atoms with van der Waals surface area (Å²) >= 11 is 0. The van der Waals surface area contributed by atoms with Crippen molar-refractivity contribution in [3.8, 4) is 0 Å². The standard InChI is InChI=1S/C16H24O7/c1-9(17)7-16(5,6)12(4)10(2)14(18)22-23-15(19)11(3)13-8-20-21-13/h9,17H,7-8H2,1-6H3/b12-10+,13-11+. The SMILES string of the molecule is C/C(C(=O)OOC(=O)/C(C)=C(\C)C(C)(C)CC(C)O)=C1/COO1. The van der Waals surface area contributed by atoms with E-state index in [0.717, 1.165) is 5.57 Å². The Morgan fingerprint density at radius 3 is 2.17 bits per heavy atom. The third-order valence-electron chi connectivity index (χ3n) is 3.96. The number of rotatable bonds is 5. The molecule has 1 saturated heterocycles. The molecule has 130 valence electrons. The van der Waals surface area contributed by atoms with Gasteiger partial charge in [-0.3, -0.25) is 0 Å². The Morgan fingerprint density at radius 2 is 1.74 bits per heavy atom. The molecule has 1 aliphatic heterocycles. The van der Waals surface area contributed by atoms with E-state index in [-0.39, 0.29) is 12.2 Å². The van der Waals surface area contributed by atoms with Crippen molar-refractivity contribution >= 4 is 11.9 Å². The molecule has 0 amide bonds. The number of carbonyl (C=O) groups excluding carboxylic acids is 2. The summed E-state index contributed by atoms with van der Waals surface area (Å²) in [7, 11) is 0. The summed E-state index contributed by atoms with van der Waals surface area (Å²) < 4.78 is 0. The maximum atomic E-state index is 12.0. The monoisotopic (exact) mass is 328 g/mol. The van der Waals surface area contributed by atoms with Crippen LogP contribution in [0.5, 0.6) is 0 Å². The third kappa shape index (κ3) is 5.07. The van der Waals surface area contributed by atoms with Crippen molar-refractivity contribution in [2.45, 2.75) is 54.1 Å². The minimum Gasteiger partial charge on any atom is -0.393 e. The highest BCUT2D eigenvalue weighted by molar-refractivity contribution is 5.91. The molecule has 1 fully saturated rings. The van der Waals surface area contributed by atoms with Crippen LogP contribution >= 0.6 is 0 Å². The molecule has 0 bridgehead atoms. The van der Waals surface area contributed by atoms with Crippen molar-refractivity contribution in [2.24, 2.45) is 5.41 Å². The molecular weight excluding hydrogens is 304 g/mol. The minimum absolute atomic E-state index is 0.178. The smallest absolute Gasteiger partial charge is 0.385 e. The summed E-state index contributed by atoms with van der Waals surface area (Å²) in [5.41, 5.74) is 0.870. The molecule has 0 spiro atoms. The molecule has 23 heavy (non-hydrogen) atoms. The zero-order valence-electron chi connectivity index (χ0n) is 14.4. The van der Waals surface area contributed by atoms with Crippen LogP contribution in [0, 0.1) is 5.41 Å². The second-order valence-corrected chi connectivity index (χ2v) is 6.32. The van der Waals surface area contributed by atoms with Crippen molar-refractivity contribution in [1.82, 2.24) is 0 Å². The second-order valence-electron chi connectivity index (χ2n) is 6.32. The lowest BCUT2D eigenvalue weighted by Crippen LogP contribution is -2.23. The van der Waals surface area contributed by atoms with Gasteiger partial charge in [-0.05, 0) is 39.5 Å². The molecule has 0 aromatic rings. The molecule has 7 nitrogen and oxygen atoms in total. The van der Waals surface area contributed by atoms with Gasteiger partial charge in [0.15, 0.2) is 12.4 Å². The normalized spacial score (nSPS) is 18.9. The largest absolute Gasteiger partial charge is 0.393 e. The lowest BCUT2D eigenvalue weighted by atomic mass is 9.78. The fourth-order valence-electron chi connectivity index (χ4n) is 2.16. The summed E-state index contributed by atoms with van der Waals surface area (Å²) in [6.45, 7) is 10.6. The van der Waals surface area contributed by atoms with E-state index in [9.17, 15) is 14.7 Å². The molecule has 0 aromatic carbocycles. The summed E-state index contributed by atoms with van der Waals surface area (Å²) in [6, 6.07) is 0. The van der Waals surface area contributed by atoms with Gasteiger partial charge in [0.05, 0.1) is 11.7 Å². The van der Waals surface area contributed by atoms with Crippen LogP contribution in [0.1, 0.15) is 48.0 Å². The second kappa shape index (κ2) is 7.61. The van der Waals surface area contributed by atoms with Crippen molar-refractivity contribution in [2.75, 3.05) is 6.61 Å². The fourth-order valence-corrected chi connectivity index (χ4v) is 2.16. The molecule has 0 aromatic heterocycles. The Hall–Kier alpha value is -1.86. The van der Waals surface area contributed by atoms with E-state index in [1.807, 2.05) is 13.8 Å². The van der Waals surface area contributed by atoms with Crippen molar-refractivity contribution in [3.63, 3.8) is 0 Å². The zero-order valence-corrected chi connectivity index (χ0v) is 14.4. The molecule has 1 unspecified atom stereocenters. The van der Waals surface area contributed by atoms with E-state index in [2.05, 4.69) is 19.6 Å². The number of hydrogen-bond donors (Lipinski definition) is 1. The number of hydrogen-bond acceptors (Lipinski definition) is 7. The lowest BCUT2D eigenvalue weighted by molar-refractivity contribution is -0.337. The predicted molar refractivity (Wildman–Crippen MR) is 80.4 cm³/mol. The van der Waals surface area contributed by atoms with Gasteiger partial charge in [0.1, 0.15) is 0 Å². The zero-order chi connectivity index (χ0) is 17.8. The number of carbonyl (C=O) groups is 2. The van der Waals surface area contributed by atoms with Gasteiger partial charge in [-0.25, -0.2) is 19.4 Å². The molecule has 0 aliphatic carbocycles. The average molecular weight is 328 g/mol. The Kier molecular flexibility index (Phi) is 6.35. The highest BCUT2D eigenvalue weighted by Gasteiger charge is 2.28. The minimum atomic E-state index is -0.814.